The van der Waals surface area contributed by atoms with E-state index in [-0.39, 0.29) is 5.28 Å². The molecule has 0 fully saturated rings. The van der Waals surface area contributed by atoms with Crippen LogP contribution in [-0.4, -0.2) is 46.6 Å². The van der Waals surface area contributed by atoms with Crippen LogP contribution >= 0.6 is 22.9 Å². The molecule has 1 N–H and O–H groups in total. The summed E-state index contributed by atoms with van der Waals surface area (Å²) in [7, 11) is 4.20. The number of nitrogens with zero attached hydrogens (tertiary/aromatic N) is 4. The number of rotatable bonds is 8. The van der Waals surface area contributed by atoms with Crippen LogP contribution in [-0.2, 0) is 6.54 Å². The number of hydrogen-bond acceptors (Lipinski definition) is 5. The molecule has 0 aliphatic carbocycles. The monoisotopic (exact) mass is 425 g/mol. The van der Waals surface area contributed by atoms with Crippen molar-refractivity contribution in [3.63, 3.8) is 0 Å². The van der Waals surface area contributed by atoms with Crippen molar-refractivity contribution in [1.82, 2.24) is 24.8 Å². The molecule has 3 heterocycles. The van der Waals surface area contributed by atoms with Crippen LogP contribution in [0.1, 0.15) is 11.3 Å². The first-order chi connectivity index (χ1) is 14.1. The van der Waals surface area contributed by atoms with Crippen molar-refractivity contribution in [1.29, 1.82) is 0 Å². The zero-order valence-corrected chi connectivity index (χ0v) is 18.2. The number of thiophene rings is 1. The van der Waals surface area contributed by atoms with Crippen LogP contribution in [0.2, 0.25) is 5.28 Å². The quantitative estimate of drug-likeness (QED) is 0.324. The minimum absolute atomic E-state index is 0.262. The second-order valence-electron chi connectivity index (χ2n) is 7.24. The summed E-state index contributed by atoms with van der Waals surface area (Å²) in [5, 5.41) is 6.93. The molecule has 4 rings (SSSR count). The third kappa shape index (κ3) is 4.67. The Hall–Kier alpha value is -2.25. The summed E-state index contributed by atoms with van der Waals surface area (Å²) >= 11 is 8.04. The fourth-order valence-electron chi connectivity index (χ4n) is 3.33. The van der Waals surface area contributed by atoms with Crippen molar-refractivity contribution in [3.05, 3.63) is 64.2 Å². The minimum Gasteiger partial charge on any atom is -0.312 e. The molecule has 150 valence electrons. The Balaban J connectivity index is 1.57. The van der Waals surface area contributed by atoms with E-state index in [9.17, 15) is 0 Å². The predicted molar refractivity (Wildman–Crippen MR) is 122 cm³/mol. The van der Waals surface area contributed by atoms with Gasteiger partial charge in [-0.3, -0.25) is 0 Å². The molecule has 4 aromatic rings. The molecular weight excluding hydrogens is 402 g/mol. The molecule has 0 radical (unpaired) electrons. The van der Waals surface area contributed by atoms with E-state index in [0.29, 0.717) is 0 Å². The zero-order chi connectivity index (χ0) is 20.2. The number of para-hydroxylation sites is 1. The first-order valence-electron chi connectivity index (χ1n) is 9.65. The van der Waals surface area contributed by atoms with Gasteiger partial charge in [0, 0.05) is 39.6 Å². The lowest BCUT2D eigenvalue weighted by Gasteiger charge is -2.09. The van der Waals surface area contributed by atoms with Gasteiger partial charge >= 0.3 is 0 Å². The molecule has 3 aromatic heterocycles. The molecular formula is C22H24ClN5S. The normalized spacial score (nSPS) is 11.6. The van der Waals surface area contributed by atoms with Crippen LogP contribution in [0.15, 0.2) is 54.0 Å². The highest BCUT2D eigenvalue weighted by molar-refractivity contribution is 7.10. The zero-order valence-electron chi connectivity index (χ0n) is 16.6. The van der Waals surface area contributed by atoms with Gasteiger partial charge in [-0.15, -0.1) is 11.3 Å². The number of halogens is 1. The van der Waals surface area contributed by atoms with Crippen molar-refractivity contribution < 1.29 is 0 Å². The largest absolute Gasteiger partial charge is 0.312 e. The average molecular weight is 426 g/mol. The van der Waals surface area contributed by atoms with Crippen molar-refractivity contribution in [2.75, 3.05) is 27.2 Å². The van der Waals surface area contributed by atoms with Crippen molar-refractivity contribution >= 4 is 34.0 Å². The second kappa shape index (κ2) is 9.05. The van der Waals surface area contributed by atoms with Gasteiger partial charge in [0.25, 0.3) is 0 Å². The number of nitrogens with one attached hydrogen (secondary N) is 1. The van der Waals surface area contributed by atoms with E-state index in [1.807, 2.05) is 29.0 Å². The molecule has 0 unspecified atom stereocenters. The van der Waals surface area contributed by atoms with E-state index in [0.717, 1.165) is 54.0 Å². The predicted octanol–water partition coefficient (Wildman–Crippen LogP) is 4.84. The Morgan fingerprint density at radius 3 is 2.76 bits per heavy atom. The minimum atomic E-state index is 0.262. The number of hydrogen-bond donors (Lipinski definition) is 1. The Morgan fingerprint density at radius 2 is 1.97 bits per heavy atom. The van der Waals surface area contributed by atoms with Crippen LogP contribution in [0.25, 0.3) is 28.0 Å². The van der Waals surface area contributed by atoms with E-state index in [1.54, 1.807) is 11.3 Å². The fraction of sp³-hybridized carbons (Fsp3) is 0.273. The molecule has 0 aliphatic rings. The molecule has 0 spiro atoms. The molecule has 0 saturated carbocycles. The molecule has 5 nitrogen and oxygen atoms in total. The third-order valence-corrected chi connectivity index (χ3v) is 5.84. The first kappa shape index (κ1) is 20.0. The first-order valence-corrected chi connectivity index (χ1v) is 10.9. The summed E-state index contributed by atoms with van der Waals surface area (Å²) < 4.78 is 2.05. The summed E-state index contributed by atoms with van der Waals surface area (Å²) in [6.45, 7) is 2.97. The lowest BCUT2D eigenvalue weighted by molar-refractivity contribution is 0.394. The van der Waals surface area contributed by atoms with Crippen molar-refractivity contribution in [3.8, 4) is 16.9 Å². The fourth-order valence-corrected chi connectivity index (χ4v) is 4.34. The smallest absolute Gasteiger partial charge is 0.224 e. The summed E-state index contributed by atoms with van der Waals surface area (Å²) in [5.41, 5.74) is 3.84. The lowest BCUT2D eigenvalue weighted by Crippen LogP contribution is -2.20. The van der Waals surface area contributed by atoms with Gasteiger partial charge < -0.3 is 14.8 Å². The second-order valence-corrected chi connectivity index (χ2v) is 8.57. The topological polar surface area (TPSA) is 46.0 Å². The Bertz CT molecular complexity index is 1090. The van der Waals surface area contributed by atoms with Crippen LogP contribution in [0.4, 0.5) is 0 Å². The van der Waals surface area contributed by atoms with Crippen molar-refractivity contribution in [2.24, 2.45) is 0 Å². The van der Waals surface area contributed by atoms with E-state index < -0.39 is 0 Å². The molecule has 0 amide bonds. The van der Waals surface area contributed by atoms with E-state index in [1.165, 1.54) is 4.88 Å². The van der Waals surface area contributed by atoms with Crippen LogP contribution in [0.3, 0.4) is 0 Å². The summed E-state index contributed by atoms with van der Waals surface area (Å²) in [6, 6.07) is 14.4. The van der Waals surface area contributed by atoms with Gasteiger partial charge in [-0.1, -0.05) is 18.2 Å². The maximum atomic E-state index is 6.29. The van der Waals surface area contributed by atoms with Gasteiger partial charge in [0.1, 0.15) is 5.65 Å². The average Bonchev–Trinajstić information content (AvgIpc) is 3.34. The van der Waals surface area contributed by atoms with E-state index >= 15 is 0 Å². The maximum Gasteiger partial charge on any atom is 0.224 e. The van der Waals surface area contributed by atoms with Gasteiger partial charge in [0.05, 0.1) is 5.69 Å². The Kier molecular flexibility index (Phi) is 6.25. The summed E-state index contributed by atoms with van der Waals surface area (Å²) in [6.07, 6.45) is 3.16. The number of benzene rings is 1. The van der Waals surface area contributed by atoms with Crippen molar-refractivity contribution in [2.45, 2.75) is 13.0 Å². The number of fused-ring (bicyclic) bond motifs is 1. The Labute approximate surface area is 180 Å². The van der Waals surface area contributed by atoms with Crippen LogP contribution < -0.4 is 5.32 Å². The summed E-state index contributed by atoms with van der Waals surface area (Å²) in [4.78, 5) is 12.5. The highest BCUT2D eigenvalue weighted by Crippen LogP contribution is 2.32. The van der Waals surface area contributed by atoms with E-state index in [4.69, 9.17) is 11.6 Å². The standard InChI is InChI=1S/C22H24ClN5S/c1-27(2)11-6-10-24-14-18-13-16(15-29-18)20-19-9-12-28(17-7-4-3-5-8-17)21(19)26-22(23)25-20/h3-5,7-9,12-13,15,24H,6,10-11,14H2,1-2H3. The number of aromatic nitrogens is 3. The lowest BCUT2D eigenvalue weighted by atomic mass is 10.1. The molecule has 0 aliphatic heterocycles. The van der Waals surface area contributed by atoms with Gasteiger partial charge in [0.2, 0.25) is 5.28 Å². The molecule has 1 aromatic carbocycles. The summed E-state index contributed by atoms with van der Waals surface area (Å²) in [5.74, 6) is 0. The SMILES string of the molecule is CN(C)CCCNCc1cc(-c2nc(Cl)nc3c2ccn3-c2ccccc2)cs1. The third-order valence-electron chi connectivity index (χ3n) is 4.74. The van der Waals surface area contributed by atoms with E-state index in [2.05, 4.69) is 63.9 Å². The molecule has 29 heavy (non-hydrogen) atoms. The van der Waals surface area contributed by atoms with Crippen LogP contribution in [0.5, 0.6) is 0 Å². The Morgan fingerprint density at radius 1 is 1.14 bits per heavy atom. The van der Waals surface area contributed by atoms with Gasteiger partial charge in [0.15, 0.2) is 0 Å². The van der Waals surface area contributed by atoms with Crippen LogP contribution in [0, 0.1) is 0 Å². The highest BCUT2D eigenvalue weighted by atomic mass is 35.5. The van der Waals surface area contributed by atoms with Gasteiger partial charge in [-0.2, -0.15) is 4.98 Å². The highest BCUT2D eigenvalue weighted by Gasteiger charge is 2.15. The maximum absolute atomic E-state index is 6.29. The van der Waals surface area contributed by atoms with Gasteiger partial charge in [-0.05, 0) is 69.5 Å². The molecule has 0 atom stereocenters. The molecule has 0 saturated heterocycles. The molecule has 0 bridgehead atoms. The molecule has 7 heteroatoms. The van der Waals surface area contributed by atoms with Gasteiger partial charge in [-0.25, -0.2) is 4.98 Å².